The van der Waals surface area contributed by atoms with E-state index in [2.05, 4.69) is 6.92 Å². The minimum atomic E-state index is -5.01. The molecular formula is C23H30F6O4. The van der Waals surface area contributed by atoms with Gasteiger partial charge in [-0.3, -0.25) is 0 Å². The zero-order chi connectivity index (χ0) is 24.4. The average Bonchev–Trinajstić information content (AvgIpc) is 3.03. The number of esters is 2. The Balaban J connectivity index is 1.45. The van der Waals surface area contributed by atoms with Crippen LogP contribution >= 0.6 is 0 Å². The Kier molecular flexibility index (Phi) is 6.00. The van der Waals surface area contributed by atoms with Crippen LogP contribution in [0.1, 0.15) is 71.6 Å². The lowest BCUT2D eigenvalue weighted by molar-refractivity contribution is -0.215. The highest BCUT2D eigenvalue weighted by atomic mass is 19.4. The largest absolute Gasteiger partial charge is 0.490 e. The standard InChI is InChI=1S/C23H30F6O4/c1-20-9-7-13(32-18(30)22(24,25)26)11-12(20)3-4-14-15-5-6-17(33-19(31)23(27,28)29)21(15,2)10-8-16(14)20/h12-17H,3-11H2,1-2H3/t12-,13-,14?,15?,16?,17+,20-,21-/m0/s1. The number of hydrogen-bond acceptors (Lipinski definition) is 4. The van der Waals surface area contributed by atoms with E-state index in [1.54, 1.807) is 0 Å². The van der Waals surface area contributed by atoms with Gasteiger partial charge in [-0.15, -0.1) is 0 Å². The summed E-state index contributed by atoms with van der Waals surface area (Å²) in [5, 5.41) is 0. The van der Waals surface area contributed by atoms with Crippen molar-refractivity contribution in [2.45, 2.75) is 96.2 Å². The minimum Gasteiger partial charge on any atom is -0.456 e. The molecule has 4 saturated carbocycles. The average molecular weight is 484 g/mol. The van der Waals surface area contributed by atoms with Crippen LogP contribution < -0.4 is 0 Å². The molecule has 0 spiro atoms. The SMILES string of the molecule is C[C@]12CCC3C(CC[C@H]4C[C@@H](OC(=O)C(F)(F)F)CC[C@]34C)C1CC[C@H]2OC(=O)C(F)(F)F. The maximum Gasteiger partial charge on any atom is 0.490 e. The first-order valence-electron chi connectivity index (χ1n) is 11.7. The van der Waals surface area contributed by atoms with Gasteiger partial charge in [0.2, 0.25) is 0 Å². The van der Waals surface area contributed by atoms with Crippen molar-refractivity contribution in [3.8, 4) is 0 Å². The zero-order valence-electron chi connectivity index (χ0n) is 18.7. The van der Waals surface area contributed by atoms with Crippen molar-refractivity contribution in [2.24, 2.45) is 34.5 Å². The summed E-state index contributed by atoms with van der Waals surface area (Å²) < 4.78 is 85.8. The highest BCUT2D eigenvalue weighted by Crippen LogP contribution is 2.66. The van der Waals surface area contributed by atoms with Crippen molar-refractivity contribution in [3.05, 3.63) is 0 Å². The van der Waals surface area contributed by atoms with Crippen LogP contribution in [0.2, 0.25) is 0 Å². The van der Waals surface area contributed by atoms with Crippen LogP contribution in [0.15, 0.2) is 0 Å². The van der Waals surface area contributed by atoms with E-state index in [0.717, 1.165) is 19.3 Å². The Hall–Kier alpha value is -1.48. The quantitative estimate of drug-likeness (QED) is 0.358. The summed E-state index contributed by atoms with van der Waals surface area (Å²) >= 11 is 0. The van der Waals surface area contributed by atoms with Crippen molar-refractivity contribution >= 4 is 11.9 Å². The predicted molar refractivity (Wildman–Crippen MR) is 104 cm³/mol. The van der Waals surface area contributed by atoms with Crippen LogP contribution in [0.3, 0.4) is 0 Å². The molecule has 0 bridgehead atoms. The van der Waals surface area contributed by atoms with Crippen molar-refractivity contribution in [1.29, 1.82) is 0 Å². The van der Waals surface area contributed by atoms with Crippen LogP contribution in [0.4, 0.5) is 26.3 Å². The number of rotatable bonds is 2. The molecule has 4 rings (SSSR count). The van der Waals surface area contributed by atoms with E-state index in [1.807, 2.05) is 6.92 Å². The molecule has 4 nitrogen and oxygen atoms in total. The Morgan fingerprint density at radius 2 is 1.30 bits per heavy atom. The highest BCUT2D eigenvalue weighted by molar-refractivity contribution is 5.76. The normalized spacial score (nSPS) is 43.2. The lowest BCUT2D eigenvalue weighted by atomic mass is 9.45. The fraction of sp³-hybridized carbons (Fsp3) is 0.913. The Morgan fingerprint density at radius 1 is 0.727 bits per heavy atom. The molecule has 4 aliphatic carbocycles. The number of halogens is 6. The summed E-state index contributed by atoms with van der Waals surface area (Å²) in [6.45, 7) is 4.12. The van der Waals surface area contributed by atoms with Crippen molar-refractivity contribution in [2.75, 3.05) is 0 Å². The summed E-state index contributed by atoms with van der Waals surface area (Å²) in [5.41, 5.74) is -0.600. The fourth-order valence-electron chi connectivity index (χ4n) is 7.89. The summed E-state index contributed by atoms with van der Waals surface area (Å²) in [4.78, 5) is 22.8. The Labute approximate surface area is 188 Å². The molecule has 33 heavy (non-hydrogen) atoms. The number of hydrogen-bond donors (Lipinski definition) is 0. The maximum atomic E-state index is 12.8. The van der Waals surface area contributed by atoms with Gasteiger partial charge in [0, 0.05) is 5.41 Å². The van der Waals surface area contributed by atoms with E-state index in [9.17, 15) is 35.9 Å². The van der Waals surface area contributed by atoms with E-state index in [0.29, 0.717) is 44.4 Å². The minimum absolute atomic E-state index is 0.105. The molecule has 0 radical (unpaired) electrons. The van der Waals surface area contributed by atoms with Crippen LogP contribution in [0.25, 0.3) is 0 Å². The van der Waals surface area contributed by atoms with Gasteiger partial charge in [0.1, 0.15) is 12.2 Å². The molecular weight excluding hydrogens is 454 g/mol. The molecule has 0 aromatic rings. The summed E-state index contributed by atoms with van der Waals surface area (Å²) in [5.74, 6) is -3.37. The van der Waals surface area contributed by atoms with Crippen LogP contribution in [-0.4, -0.2) is 36.5 Å². The fourth-order valence-corrected chi connectivity index (χ4v) is 7.89. The predicted octanol–water partition coefficient (Wildman–Crippen LogP) is 5.98. The van der Waals surface area contributed by atoms with Crippen molar-refractivity contribution in [3.63, 3.8) is 0 Å². The molecule has 0 aliphatic heterocycles. The van der Waals surface area contributed by atoms with Crippen molar-refractivity contribution < 1.29 is 45.4 Å². The van der Waals surface area contributed by atoms with Gasteiger partial charge >= 0.3 is 24.3 Å². The van der Waals surface area contributed by atoms with Crippen molar-refractivity contribution in [1.82, 2.24) is 0 Å². The zero-order valence-corrected chi connectivity index (χ0v) is 18.7. The molecule has 0 saturated heterocycles. The van der Waals surface area contributed by atoms with E-state index >= 15 is 0 Å². The van der Waals surface area contributed by atoms with Gasteiger partial charge in [-0.05, 0) is 86.9 Å². The second kappa shape index (κ2) is 8.04. The Bertz CT molecular complexity index is 795. The van der Waals surface area contributed by atoms with Crippen LogP contribution in [0, 0.1) is 34.5 Å². The monoisotopic (exact) mass is 484 g/mol. The third kappa shape index (κ3) is 4.24. The number of fused-ring (bicyclic) bond motifs is 5. The first-order valence-corrected chi connectivity index (χ1v) is 11.7. The van der Waals surface area contributed by atoms with Gasteiger partial charge in [0.25, 0.3) is 0 Å². The molecule has 188 valence electrons. The molecule has 3 unspecified atom stereocenters. The van der Waals surface area contributed by atoms with E-state index in [1.165, 1.54) is 0 Å². The molecule has 0 aromatic heterocycles. The van der Waals surface area contributed by atoms with Crippen LogP contribution in [0.5, 0.6) is 0 Å². The van der Waals surface area contributed by atoms with Gasteiger partial charge in [-0.1, -0.05) is 13.8 Å². The Morgan fingerprint density at radius 3 is 1.94 bits per heavy atom. The lowest BCUT2D eigenvalue weighted by Crippen LogP contribution is -2.55. The summed E-state index contributed by atoms with van der Waals surface area (Å²) in [6.07, 6.45) is -5.84. The van der Waals surface area contributed by atoms with Gasteiger partial charge in [-0.25, -0.2) is 9.59 Å². The van der Waals surface area contributed by atoms with Gasteiger partial charge in [-0.2, -0.15) is 26.3 Å². The number of carbonyl (C=O) groups is 2. The first-order chi connectivity index (χ1) is 15.2. The smallest absolute Gasteiger partial charge is 0.456 e. The first kappa shape index (κ1) is 24.6. The maximum absolute atomic E-state index is 12.8. The van der Waals surface area contributed by atoms with E-state index in [-0.39, 0.29) is 23.2 Å². The second-order valence-corrected chi connectivity index (χ2v) is 11.0. The molecule has 0 N–H and O–H groups in total. The third-order valence-electron chi connectivity index (χ3n) is 9.52. The van der Waals surface area contributed by atoms with E-state index < -0.39 is 41.9 Å². The number of ether oxygens (including phenoxy) is 2. The van der Waals surface area contributed by atoms with E-state index in [4.69, 9.17) is 9.47 Å². The summed E-state index contributed by atoms with van der Waals surface area (Å²) in [7, 11) is 0. The molecule has 8 atom stereocenters. The molecule has 0 aromatic carbocycles. The molecule has 4 fully saturated rings. The van der Waals surface area contributed by atoms with Gasteiger partial charge in [0.05, 0.1) is 0 Å². The lowest BCUT2D eigenvalue weighted by Gasteiger charge is -2.60. The highest BCUT2D eigenvalue weighted by Gasteiger charge is 2.62. The number of carbonyl (C=O) groups excluding carboxylic acids is 2. The molecule has 4 aliphatic rings. The third-order valence-corrected chi connectivity index (χ3v) is 9.52. The topological polar surface area (TPSA) is 52.6 Å². The summed E-state index contributed by atoms with van der Waals surface area (Å²) in [6, 6.07) is 0. The van der Waals surface area contributed by atoms with Gasteiger partial charge in [0.15, 0.2) is 0 Å². The van der Waals surface area contributed by atoms with Gasteiger partial charge < -0.3 is 9.47 Å². The number of alkyl halides is 6. The molecule has 10 heteroatoms. The molecule has 0 heterocycles. The van der Waals surface area contributed by atoms with Crippen LogP contribution in [-0.2, 0) is 19.1 Å². The molecule has 0 amide bonds. The second-order valence-electron chi connectivity index (χ2n) is 11.0.